The molecule has 112 valence electrons. The van der Waals surface area contributed by atoms with Gasteiger partial charge in [-0.25, -0.2) is 0 Å². The van der Waals surface area contributed by atoms with Crippen molar-refractivity contribution in [1.82, 2.24) is 4.90 Å². The van der Waals surface area contributed by atoms with E-state index in [1.54, 1.807) is 16.7 Å². The quantitative estimate of drug-likeness (QED) is 0.731. The lowest BCUT2D eigenvalue weighted by Gasteiger charge is -2.32. The van der Waals surface area contributed by atoms with Crippen LogP contribution in [0.3, 0.4) is 0 Å². The van der Waals surface area contributed by atoms with Crippen LogP contribution in [0.2, 0.25) is 0 Å². The molecular formula is C19H31N. The highest BCUT2D eigenvalue weighted by atomic mass is 15.1. The van der Waals surface area contributed by atoms with E-state index in [1.165, 1.54) is 57.9 Å². The van der Waals surface area contributed by atoms with Crippen LogP contribution >= 0.6 is 0 Å². The number of nitrogens with zero attached hydrogens (tertiary/aromatic N) is 1. The summed E-state index contributed by atoms with van der Waals surface area (Å²) in [6.45, 7) is 5.85. The molecule has 0 saturated carbocycles. The van der Waals surface area contributed by atoms with Crippen LogP contribution < -0.4 is 0 Å². The minimum Gasteiger partial charge on any atom is -0.303 e. The predicted octanol–water partition coefficient (Wildman–Crippen LogP) is 4.62. The number of aryl methyl sites for hydroxylation is 3. The highest BCUT2D eigenvalue weighted by Gasteiger charge is 2.18. The van der Waals surface area contributed by atoms with Crippen LogP contribution in [0.1, 0.15) is 62.6 Å². The van der Waals surface area contributed by atoms with Crippen LogP contribution in [-0.4, -0.2) is 24.5 Å². The minimum atomic E-state index is 0.809. The zero-order valence-corrected chi connectivity index (χ0v) is 13.6. The van der Waals surface area contributed by atoms with Crippen molar-refractivity contribution >= 4 is 0 Å². The molecule has 1 unspecified atom stereocenters. The number of piperidine rings is 1. The third-order valence-electron chi connectivity index (χ3n) is 4.86. The second-order valence-electron chi connectivity index (χ2n) is 6.38. The van der Waals surface area contributed by atoms with Gasteiger partial charge >= 0.3 is 0 Å². The Labute approximate surface area is 125 Å². The predicted molar refractivity (Wildman–Crippen MR) is 88.4 cm³/mol. The molecule has 0 aromatic heterocycles. The second kappa shape index (κ2) is 7.83. The number of rotatable bonds is 6. The van der Waals surface area contributed by atoms with E-state index in [0.29, 0.717) is 0 Å². The summed E-state index contributed by atoms with van der Waals surface area (Å²) in [5.41, 5.74) is 4.68. The van der Waals surface area contributed by atoms with Crippen LogP contribution in [0, 0.1) is 0 Å². The van der Waals surface area contributed by atoms with Gasteiger partial charge in [0.15, 0.2) is 0 Å². The molecule has 1 aromatic rings. The standard InChI is InChI=1S/C19H31N/c1-4-8-18-12-10-16(15-17(18)5-2)11-13-19-9-6-7-14-20(19)3/h10,12,15,19H,4-9,11,13-14H2,1-3H3. The number of hydrogen-bond donors (Lipinski definition) is 0. The third kappa shape index (κ3) is 4.09. The van der Waals surface area contributed by atoms with Crippen molar-refractivity contribution < 1.29 is 0 Å². The summed E-state index contributed by atoms with van der Waals surface area (Å²) in [6.07, 6.45) is 10.4. The van der Waals surface area contributed by atoms with Gasteiger partial charge in [0.2, 0.25) is 0 Å². The molecule has 0 N–H and O–H groups in total. The molecule has 20 heavy (non-hydrogen) atoms. The molecule has 2 rings (SSSR count). The van der Waals surface area contributed by atoms with E-state index in [-0.39, 0.29) is 0 Å². The van der Waals surface area contributed by atoms with E-state index in [9.17, 15) is 0 Å². The molecule has 1 saturated heterocycles. The van der Waals surface area contributed by atoms with Gasteiger partial charge in [-0.05, 0) is 68.8 Å². The average Bonchev–Trinajstić information content (AvgIpc) is 2.48. The van der Waals surface area contributed by atoms with Gasteiger partial charge in [0.25, 0.3) is 0 Å². The Bertz CT molecular complexity index is 410. The molecule has 1 atom stereocenters. The zero-order valence-electron chi connectivity index (χ0n) is 13.6. The van der Waals surface area contributed by atoms with Gasteiger partial charge < -0.3 is 4.90 Å². The first kappa shape index (κ1) is 15.6. The van der Waals surface area contributed by atoms with Crippen molar-refractivity contribution in [2.24, 2.45) is 0 Å². The van der Waals surface area contributed by atoms with E-state index in [2.05, 4.69) is 44.0 Å². The Morgan fingerprint density at radius 1 is 1.10 bits per heavy atom. The molecule has 1 heteroatoms. The molecule has 1 aliphatic rings. The van der Waals surface area contributed by atoms with Crippen LogP contribution in [0.5, 0.6) is 0 Å². The molecule has 1 heterocycles. The zero-order chi connectivity index (χ0) is 14.4. The highest BCUT2D eigenvalue weighted by molar-refractivity contribution is 5.32. The smallest absolute Gasteiger partial charge is 0.00953 e. The Kier molecular flexibility index (Phi) is 6.09. The molecule has 1 aliphatic heterocycles. The first-order chi connectivity index (χ1) is 9.74. The van der Waals surface area contributed by atoms with Crippen LogP contribution in [0.15, 0.2) is 18.2 Å². The fourth-order valence-electron chi connectivity index (χ4n) is 3.52. The van der Waals surface area contributed by atoms with Crippen LogP contribution in [-0.2, 0) is 19.3 Å². The lowest BCUT2D eigenvalue weighted by atomic mass is 9.93. The first-order valence-electron chi connectivity index (χ1n) is 8.55. The summed E-state index contributed by atoms with van der Waals surface area (Å²) >= 11 is 0. The Morgan fingerprint density at radius 2 is 1.95 bits per heavy atom. The summed E-state index contributed by atoms with van der Waals surface area (Å²) in [4.78, 5) is 2.57. The molecule has 1 fully saturated rings. The highest BCUT2D eigenvalue weighted by Crippen LogP contribution is 2.21. The van der Waals surface area contributed by atoms with Gasteiger partial charge in [0, 0.05) is 6.04 Å². The average molecular weight is 273 g/mol. The van der Waals surface area contributed by atoms with E-state index >= 15 is 0 Å². The Morgan fingerprint density at radius 3 is 2.65 bits per heavy atom. The van der Waals surface area contributed by atoms with Crippen LogP contribution in [0.25, 0.3) is 0 Å². The van der Waals surface area contributed by atoms with Crippen molar-refractivity contribution in [1.29, 1.82) is 0 Å². The first-order valence-corrected chi connectivity index (χ1v) is 8.55. The monoisotopic (exact) mass is 273 g/mol. The van der Waals surface area contributed by atoms with Crippen molar-refractivity contribution in [3.8, 4) is 0 Å². The molecular weight excluding hydrogens is 242 g/mol. The molecule has 0 radical (unpaired) electrons. The van der Waals surface area contributed by atoms with Crippen LogP contribution in [0.4, 0.5) is 0 Å². The summed E-state index contributed by atoms with van der Waals surface area (Å²) in [5, 5.41) is 0. The maximum Gasteiger partial charge on any atom is 0.00953 e. The topological polar surface area (TPSA) is 3.24 Å². The summed E-state index contributed by atoms with van der Waals surface area (Å²) in [7, 11) is 2.30. The maximum atomic E-state index is 2.57. The van der Waals surface area contributed by atoms with E-state index in [1.807, 2.05) is 0 Å². The van der Waals surface area contributed by atoms with Gasteiger partial charge in [0.1, 0.15) is 0 Å². The summed E-state index contributed by atoms with van der Waals surface area (Å²) < 4.78 is 0. The molecule has 0 bridgehead atoms. The van der Waals surface area contributed by atoms with Gasteiger partial charge in [-0.3, -0.25) is 0 Å². The molecule has 0 amide bonds. The summed E-state index contributed by atoms with van der Waals surface area (Å²) in [6, 6.07) is 8.02. The fourth-order valence-corrected chi connectivity index (χ4v) is 3.52. The SMILES string of the molecule is CCCc1ccc(CCC2CCCCN2C)cc1CC. The molecule has 1 nitrogen and oxygen atoms in total. The van der Waals surface area contributed by atoms with Crippen molar-refractivity contribution in [3.63, 3.8) is 0 Å². The molecule has 0 spiro atoms. The van der Waals surface area contributed by atoms with E-state index in [4.69, 9.17) is 0 Å². The normalized spacial score (nSPS) is 20.2. The lowest BCUT2D eigenvalue weighted by molar-refractivity contribution is 0.176. The maximum absolute atomic E-state index is 2.57. The van der Waals surface area contributed by atoms with Crippen molar-refractivity contribution in [2.75, 3.05) is 13.6 Å². The summed E-state index contributed by atoms with van der Waals surface area (Å²) in [5.74, 6) is 0. The second-order valence-corrected chi connectivity index (χ2v) is 6.38. The van der Waals surface area contributed by atoms with Gasteiger partial charge in [-0.2, -0.15) is 0 Å². The van der Waals surface area contributed by atoms with E-state index < -0.39 is 0 Å². The van der Waals surface area contributed by atoms with Gasteiger partial charge in [0.05, 0.1) is 0 Å². The minimum absolute atomic E-state index is 0.809. The lowest BCUT2D eigenvalue weighted by Crippen LogP contribution is -2.36. The largest absolute Gasteiger partial charge is 0.303 e. The Hall–Kier alpha value is -0.820. The third-order valence-corrected chi connectivity index (χ3v) is 4.86. The number of benzene rings is 1. The van der Waals surface area contributed by atoms with E-state index in [0.717, 1.165) is 6.04 Å². The van der Waals surface area contributed by atoms with Crippen molar-refractivity contribution in [3.05, 3.63) is 34.9 Å². The number of hydrogen-bond acceptors (Lipinski definition) is 1. The molecule has 1 aromatic carbocycles. The molecule has 0 aliphatic carbocycles. The van der Waals surface area contributed by atoms with Gasteiger partial charge in [-0.15, -0.1) is 0 Å². The fraction of sp³-hybridized carbons (Fsp3) is 0.684. The Balaban J connectivity index is 1.95. The number of likely N-dealkylation sites (tertiary alicyclic amines) is 1. The van der Waals surface area contributed by atoms with Gasteiger partial charge in [-0.1, -0.05) is 44.9 Å². The van der Waals surface area contributed by atoms with Crippen molar-refractivity contribution in [2.45, 2.75) is 71.3 Å².